The van der Waals surface area contributed by atoms with Gasteiger partial charge in [0.25, 0.3) is 0 Å². The van der Waals surface area contributed by atoms with Gasteiger partial charge < -0.3 is 9.64 Å². The van der Waals surface area contributed by atoms with Crippen LogP contribution in [-0.4, -0.2) is 25.3 Å². The summed E-state index contributed by atoms with van der Waals surface area (Å²) < 4.78 is 5.20. The quantitative estimate of drug-likeness (QED) is 0.835. The predicted molar refractivity (Wildman–Crippen MR) is 72.0 cm³/mol. The molecule has 0 aliphatic carbocycles. The molecule has 4 heteroatoms. The van der Waals surface area contributed by atoms with Crippen molar-refractivity contribution in [3.05, 3.63) is 23.8 Å². The molecule has 1 aliphatic rings. The molecule has 0 saturated carbocycles. The third kappa shape index (κ3) is 2.41. The Balaban J connectivity index is 2.30. The summed E-state index contributed by atoms with van der Waals surface area (Å²) in [5.74, 6) is 2.08. The first-order valence-electron chi connectivity index (χ1n) is 5.71. The molecule has 1 aromatic rings. The van der Waals surface area contributed by atoms with Gasteiger partial charge in [0.2, 0.25) is 5.91 Å². The van der Waals surface area contributed by atoms with Crippen molar-refractivity contribution in [3.63, 3.8) is 0 Å². The first kappa shape index (κ1) is 12.3. The molecule has 0 radical (unpaired) electrons. The predicted octanol–water partition coefficient (Wildman–Crippen LogP) is 2.29. The summed E-state index contributed by atoms with van der Waals surface area (Å²) in [7, 11) is 1.64. The highest BCUT2D eigenvalue weighted by Crippen LogP contribution is 2.31. The van der Waals surface area contributed by atoms with E-state index in [4.69, 9.17) is 4.74 Å². The van der Waals surface area contributed by atoms with Gasteiger partial charge in [-0.3, -0.25) is 4.79 Å². The Morgan fingerprint density at radius 2 is 2.29 bits per heavy atom. The number of rotatable bonds is 3. The number of carbonyl (C=O) groups is 1. The van der Waals surface area contributed by atoms with E-state index in [2.05, 4.69) is 12.6 Å². The number of hydrogen-bond donors (Lipinski definition) is 1. The van der Waals surface area contributed by atoms with Crippen LogP contribution in [0.25, 0.3) is 0 Å². The van der Waals surface area contributed by atoms with Crippen LogP contribution in [0.2, 0.25) is 0 Å². The van der Waals surface area contributed by atoms with Crippen LogP contribution in [0.5, 0.6) is 5.75 Å². The van der Waals surface area contributed by atoms with Crippen molar-refractivity contribution in [1.82, 2.24) is 0 Å². The maximum atomic E-state index is 11.9. The molecule has 17 heavy (non-hydrogen) atoms. The van der Waals surface area contributed by atoms with Gasteiger partial charge in [-0.25, -0.2) is 0 Å². The molecule has 1 aliphatic heterocycles. The van der Waals surface area contributed by atoms with Gasteiger partial charge in [0.1, 0.15) is 5.75 Å². The van der Waals surface area contributed by atoms with Gasteiger partial charge in [0.05, 0.1) is 12.8 Å². The van der Waals surface area contributed by atoms with Crippen LogP contribution >= 0.6 is 12.6 Å². The molecular formula is C13H17NO2S. The highest BCUT2D eigenvalue weighted by Gasteiger charge is 2.30. The van der Waals surface area contributed by atoms with Gasteiger partial charge in [-0.05, 0) is 30.2 Å². The second-order valence-electron chi connectivity index (χ2n) is 4.41. The Hall–Kier alpha value is -1.16. The maximum absolute atomic E-state index is 11.9. The average Bonchev–Trinajstić information content (AvgIpc) is 2.71. The van der Waals surface area contributed by atoms with E-state index in [9.17, 15) is 4.79 Å². The van der Waals surface area contributed by atoms with Crippen LogP contribution < -0.4 is 9.64 Å². The number of aryl methyl sites for hydroxylation is 1. The van der Waals surface area contributed by atoms with Gasteiger partial charge >= 0.3 is 0 Å². The number of thiol groups is 1. The van der Waals surface area contributed by atoms with Crippen molar-refractivity contribution in [2.24, 2.45) is 5.92 Å². The average molecular weight is 251 g/mol. The molecular weight excluding hydrogens is 234 g/mol. The van der Waals surface area contributed by atoms with Crippen molar-refractivity contribution < 1.29 is 9.53 Å². The lowest BCUT2D eigenvalue weighted by Crippen LogP contribution is -2.25. The minimum atomic E-state index is 0.181. The number of benzene rings is 1. The second-order valence-corrected chi connectivity index (χ2v) is 4.77. The van der Waals surface area contributed by atoms with Crippen LogP contribution in [0.1, 0.15) is 12.0 Å². The first-order chi connectivity index (χ1) is 8.15. The summed E-state index contributed by atoms with van der Waals surface area (Å²) in [6.45, 7) is 2.77. The SMILES string of the molecule is COc1ccc(C)c(N2CC(CS)CC2=O)c1. The summed E-state index contributed by atoms with van der Waals surface area (Å²) in [6.07, 6.45) is 0.597. The largest absolute Gasteiger partial charge is 0.497 e. The topological polar surface area (TPSA) is 29.5 Å². The lowest BCUT2D eigenvalue weighted by molar-refractivity contribution is -0.117. The van der Waals surface area contributed by atoms with Crippen LogP contribution in [0, 0.1) is 12.8 Å². The van der Waals surface area contributed by atoms with Crippen molar-refractivity contribution >= 4 is 24.2 Å². The molecule has 2 rings (SSSR count). The van der Waals surface area contributed by atoms with Crippen molar-refractivity contribution in [1.29, 1.82) is 0 Å². The van der Waals surface area contributed by atoms with E-state index in [1.165, 1.54) is 0 Å². The summed E-state index contributed by atoms with van der Waals surface area (Å²) in [5.41, 5.74) is 2.05. The molecule has 1 aromatic carbocycles. The van der Waals surface area contributed by atoms with E-state index in [1.807, 2.05) is 30.0 Å². The van der Waals surface area contributed by atoms with Gasteiger partial charge in [-0.15, -0.1) is 0 Å². The lowest BCUT2D eigenvalue weighted by atomic mass is 10.1. The highest BCUT2D eigenvalue weighted by atomic mass is 32.1. The molecule has 1 saturated heterocycles. The Morgan fingerprint density at radius 1 is 1.53 bits per heavy atom. The summed E-state index contributed by atoms with van der Waals surface area (Å²) in [4.78, 5) is 13.8. The van der Waals surface area contributed by atoms with Gasteiger partial charge in [0, 0.05) is 19.0 Å². The highest BCUT2D eigenvalue weighted by molar-refractivity contribution is 7.80. The van der Waals surface area contributed by atoms with E-state index >= 15 is 0 Å². The van der Waals surface area contributed by atoms with E-state index in [0.717, 1.165) is 29.3 Å². The standard InChI is InChI=1S/C13H17NO2S/c1-9-3-4-11(16-2)6-12(9)14-7-10(8-17)5-13(14)15/h3-4,6,10,17H,5,7-8H2,1-2H3. The van der Waals surface area contributed by atoms with Gasteiger partial charge in [-0.1, -0.05) is 6.07 Å². The van der Waals surface area contributed by atoms with Crippen molar-refractivity contribution in [3.8, 4) is 5.75 Å². The van der Waals surface area contributed by atoms with Crippen molar-refractivity contribution in [2.75, 3.05) is 24.3 Å². The number of ether oxygens (including phenoxy) is 1. The van der Waals surface area contributed by atoms with Gasteiger partial charge in [-0.2, -0.15) is 12.6 Å². The fourth-order valence-corrected chi connectivity index (χ4v) is 2.39. The molecule has 1 unspecified atom stereocenters. The molecule has 0 aromatic heterocycles. The third-order valence-corrected chi connectivity index (χ3v) is 3.69. The number of carbonyl (C=O) groups excluding carboxylic acids is 1. The number of hydrogen-bond acceptors (Lipinski definition) is 3. The fourth-order valence-electron chi connectivity index (χ4n) is 2.14. The normalized spacial score (nSPS) is 19.8. The van der Waals surface area contributed by atoms with Crippen LogP contribution in [0.4, 0.5) is 5.69 Å². The smallest absolute Gasteiger partial charge is 0.227 e. The Kier molecular flexibility index (Phi) is 3.62. The monoisotopic (exact) mass is 251 g/mol. The number of amides is 1. The molecule has 0 bridgehead atoms. The van der Waals surface area contributed by atoms with Crippen LogP contribution in [0.3, 0.4) is 0 Å². The molecule has 92 valence electrons. The van der Waals surface area contributed by atoms with Gasteiger partial charge in [0.15, 0.2) is 0 Å². The zero-order chi connectivity index (χ0) is 12.4. The zero-order valence-corrected chi connectivity index (χ0v) is 11.0. The molecule has 0 N–H and O–H groups in total. The zero-order valence-electron chi connectivity index (χ0n) is 10.1. The summed E-state index contributed by atoms with van der Waals surface area (Å²) in [6, 6.07) is 5.82. The molecule has 1 heterocycles. The Labute approximate surface area is 107 Å². The van der Waals surface area contributed by atoms with E-state index in [0.29, 0.717) is 12.3 Å². The van der Waals surface area contributed by atoms with Crippen LogP contribution in [-0.2, 0) is 4.79 Å². The minimum Gasteiger partial charge on any atom is -0.497 e. The molecule has 0 spiro atoms. The lowest BCUT2D eigenvalue weighted by Gasteiger charge is -2.19. The summed E-state index contributed by atoms with van der Waals surface area (Å²) >= 11 is 4.27. The molecule has 1 fully saturated rings. The van der Waals surface area contributed by atoms with E-state index in [1.54, 1.807) is 7.11 Å². The maximum Gasteiger partial charge on any atom is 0.227 e. The minimum absolute atomic E-state index is 0.181. The number of nitrogens with zero attached hydrogens (tertiary/aromatic N) is 1. The summed E-state index contributed by atoms with van der Waals surface area (Å²) in [5, 5.41) is 0. The third-order valence-electron chi connectivity index (χ3n) is 3.17. The first-order valence-corrected chi connectivity index (χ1v) is 6.34. The Morgan fingerprint density at radius 3 is 2.88 bits per heavy atom. The molecule has 1 atom stereocenters. The van der Waals surface area contributed by atoms with Crippen LogP contribution in [0.15, 0.2) is 18.2 Å². The molecule has 1 amide bonds. The van der Waals surface area contributed by atoms with E-state index < -0.39 is 0 Å². The van der Waals surface area contributed by atoms with Crippen molar-refractivity contribution in [2.45, 2.75) is 13.3 Å². The fraction of sp³-hybridized carbons (Fsp3) is 0.462. The Bertz CT molecular complexity index is 433. The number of anilines is 1. The van der Waals surface area contributed by atoms with E-state index in [-0.39, 0.29) is 5.91 Å². The number of methoxy groups -OCH3 is 1. The second kappa shape index (κ2) is 5.00. The molecule has 3 nitrogen and oxygen atoms in total.